The van der Waals surface area contributed by atoms with Crippen molar-refractivity contribution in [1.29, 1.82) is 0 Å². The summed E-state index contributed by atoms with van der Waals surface area (Å²) < 4.78 is 5.90. The van der Waals surface area contributed by atoms with Crippen LogP contribution in [0, 0.1) is 17.8 Å². The molecule has 1 heterocycles. The number of nitrogens with zero attached hydrogens (tertiary/aromatic N) is 1. The molecule has 4 rings (SSSR count). The lowest BCUT2D eigenvalue weighted by Crippen LogP contribution is -2.35. The zero-order valence-corrected chi connectivity index (χ0v) is 19.7. The Morgan fingerprint density at radius 3 is 2.50 bits per heavy atom. The first kappa shape index (κ1) is 22.8. The van der Waals surface area contributed by atoms with Crippen LogP contribution in [0.3, 0.4) is 0 Å². The molecule has 0 bridgehead atoms. The van der Waals surface area contributed by atoms with Gasteiger partial charge in [-0.25, -0.2) is 9.69 Å². The third kappa shape index (κ3) is 4.04. The van der Waals surface area contributed by atoms with E-state index >= 15 is 0 Å². The van der Waals surface area contributed by atoms with Gasteiger partial charge in [-0.3, -0.25) is 9.59 Å². The molecule has 1 aliphatic carbocycles. The molecule has 1 fully saturated rings. The number of esters is 1. The summed E-state index contributed by atoms with van der Waals surface area (Å²) in [5.74, 6) is -0.302. The monoisotopic (exact) mass is 473 g/mol. The average Bonchev–Trinajstić information content (AvgIpc) is 3.00. The maximum absolute atomic E-state index is 13.1. The minimum atomic E-state index is -0.546. The number of halogens is 2. The van der Waals surface area contributed by atoms with E-state index in [1.807, 2.05) is 0 Å². The van der Waals surface area contributed by atoms with E-state index in [2.05, 4.69) is 20.8 Å². The van der Waals surface area contributed by atoms with Gasteiger partial charge in [-0.05, 0) is 60.9 Å². The van der Waals surface area contributed by atoms with Crippen molar-refractivity contribution in [3.8, 4) is 0 Å². The molecule has 0 N–H and O–H groups in total. The number of amides is 2. The van der Waals surface area contributed by atoms with Crippen molar-refractivity contribution in [3.63, 3.8) is 0 Å². The van der Waals surface area contributed by atoms with Gasteiger partial charge in [-0.15, -0.1) is 0 Å². The van der Waals surface area contributed by atoms with Crippen LogP contribution in [-0.2, 0) is 4.74 Å². The van der Waals surface area contributed by atoms with E-state index in [1.165, 1.54) is 18.2 Å². The van der Waals surface area contributed by atoms with Gasteiger partial charge in [0.15, 0.2) is 0 Å². The van der Waals surface area contributed by atoms with Gasteiger partial charge in [-0.1, -0.05) is 56.5 Å². The van der Waals surface area contributed by atoms with Crippen LogP contribution >= 0.6 is 23.2 Å². The fourth-order valence-corrected chi connectivity index (χ4v) is 5.09. The summed E-state index contributed by atoms with van der Waals surface area (Å²) in [4.78, 5) is 39.9. The number of imide groups is 1. The van der Waals surface area contributed by atoms with Crippen LogP contribution in [0.25, 0.3) is 0 Å². The Balaban J connectivity index is 1.60. The van der Waals surface area contributed by atoms with Crippen LogP contribution in [0.2, 0.25) is 10.0 Å². The minimum absolute atomic E-state index is 0.120. The molecule has 1 aliphatic heterocycles. The Morgan fingerprint density at radius 2 is 1.78 bits per heavy atom. The lowest BCUT2D eigenvalue weighted by atomic mass is 9.75. The molecule has 2 aromatic rings. The lowest BCUT2D eigenvalue weighted by molar-refractivity contribution is -0.0174. The van der Waals surface area contributed by atoms with Crippen LogP contribution < -0.4 is 4.90 Å². The Labute approximate surface area is 197 Å². The second kappa shape index (κ2) is 8.87. The largest absolute Gasteiger partial charge is 0.458 e. The number of carbonyl (C=O) groups is 3. The Bertz CT molecular complexity index is 1100. The molecular weight excluding hydrogens is 449 g/mol. The maximum Gasteiger partial charge on any atom is 0.338 e. The fourth-order valence-electron chi connectivity index (χ4n) is 4.71. The lowest BCUT2D eigenvalue weighted by Gasteiger charge is -2.36. The number of hydrogen-bond donors (Lipinski definition) is 0. The molecule has 3 atom stereocenters. The number of benzene rings is 2. The average molecular weight is 474 g/mol. The molecule has 0 aromatic heterocycles. The summed E-state index contributed by atoms with van der Waals surface area (Å²) in [6.07, 6.45) is 2.84. The maximum atomic E-state index is 13.1. The summed E-state index contributed by atoms with van der Waals surface area (Å²) in [5, 5.41) is 0.362. The third-order valence-electron chi connectivity index (χ3n) is 6.51. The first-order chi connectivity index (χ1) is 15.2. The number of ether oxygens (including phenoxy) is 1. The van der Waals surface area contributed by atoms with Gasteiger partial charge in [0.05, 0.1) is 32.4 Å². The predicted octanol–water partition coefficient (Wildman–Crippen LogP) is 6.41. The number of carbonyl (C=O) groups excluding carboxylic acids is 3. The van der Waals surface area contributed by atoms with Gasteiger partial charge in [0, 0.05) is 0 Å². The van der Waals surface area contributed by atoms with Crippen LogP contribution in [0.15, 0.2) is 36.4 Å². The summed E-state index contributed by atoms with van der Waals surface area (Å²) in [6.45, 7) is 6.47. The first-order valence-corrected chi connectivity index (χ1v) is 11.6. The SMILES string of the molecule is CC(C)[C@@H]1CC[C@H](C)C[C@H]1OC(=O)c1ccc2c(c1)C(=O)N(c1cccc(Cl)c1Cl)C2=O. The van der Waals surface area contributed by atoms with Crippen LogP contribution in [0.1, 0.15) is 71.1 Å². The van der Waals surface area contributed by atoms with E-state index in [1.54, 1.807) is 18.2 Å². The van der Waals surface area contributed by atoms with Crippen molar-refractivity contribution in [1.82, 2.24) is 0 Å². The molecule has 0 saturated heterocycles. The first-order valence-electron chi connectivity index (χ1n) is 10.9. The summed E-state index contributed by atoms with van der Waals surface area (Å²) in [5.41, 5.74) is 0.835. The van der Waals surface area contributed by atoms with Gasteiger partial charge in [0.25, 0.3) is 11.8 Å². The van der Waals surface area contributed by atoms with Crippen molar-refractivity contribution in [3.05, 3.63) is 63.1 Å². The Morgan fingerprint density at radius 1 is 1.06 bits per heavy atom. The second-order valence-electron chi connectivity index (χ2n) is 9.05. The van der Waals surface area contributed by atoms with E-state index in [4.69, 9.17) is 27.9 Å². The smallest absolute Gasteiger partial charge is 0.338 e. The highest BCUT2D eigenvalue weighted by molar-refractivity contribution is 6.46. The molecule has 32 heavy (non-hydrogen) atoms. The van der Waals surface area contributed by atoms with Gasteiger partial charge in [-0.2, -0.15) is 0 Å². The molecule has 1 saturated carbocycles. The normalized spacial score (nSPS) is 22.9. The molecule has 0 spiro atoms. The van der Waals surface area contributed by atoms with Gasteiger partial charge < -0.3 is 4.74 Å². The zero-order chi connectivity index (χ0) is 23.2. The molecule has 0 unspecified atom stereocenters. The number of anilines is 1. The molecule has 2 amide bonds. The van der Waals surface area contributed by atoms with Crippen molar-refractivity contribution < 1.29 is 19.1 Å². The number of fused-ring (bicyclic) bond motifs is 1. The topological polar surface area (TPSA) is 63.7 Å². The van der Waals surface area contributed by atoms with Crippen molar-refractivity contribution in [2.75, 3.05) is 4.90 Å². The number of rotatable bonds is 4. The van der Waals surface area contributed by atoms with Crippen molar-refractivity contribution >= 4 is 46.7 Å². The molecule has 5 nitrogen and oxygen atoms in total. The van der Waals surface area contributed by atoms with Gasteiger partial charge >= 0.3 is 5.97 Å². The molecule has 2 aliphatic rings. The summed E-state index contributed by atoms with van der Waals surface area (Å²) in [7, 11) is 0. The van der Waals surface area contributed by atoms with E-state index in [0.717, 1.165) is 24.2 Å². The molecular formula is C25H25Cl2NO4. The fraction of sp³-hybridized carbons (Fsp3) is 0.400. The molecule has 168 valence electrons. The van der Waals surface area contributed by atoms with E-state index < -0.39 is 17.8 Å². The molecule has 0 radical (unpaired) electrons. The van der Waals surface area contributed by atoms with E-state index in [9.17, 15) is 14.4 Å². The Hall–Kier alpha value is -2.37. The summed E-state index contributed by atoms with van der Waals surface area (Å²) >= 11 is 12.3. The van der Waals surface area contributed by atoms with Crippen LogP contribution in [-0.4, -0.2) is 23.9 Å². The van der Waals surface area contributed by atoms with Crippen LogP contribution in [0.5, 0.6) is 0 Å². The van der Waals surface area contributed by atoms with Crippen molar-refractivity contribution in [2.24, 2.45) is 17.8 Å². The van der Waals surface area contributed by atoms with Gasteiger partial charge in [0.2, 0.25) is 0 Å². The highest BCUT2D eigenvalue weighted by Crippen LogP contribution is 2.38. The predicted molar refractivity (Wildman–Crippen MR) is 125 cm³/mol. The third-order valence-corrected chi connectivity index (χ3v) is 7.32. The van der Waals surface area contributed by atoms with Crippen molar-refractivity contribution in [2.45, 2.75) is 46.1 Å². The quantitative estimate of drug-likeness (QED) is 0.379. The Kier molecular flexibility index (Phi) is 6.33. The van der Waals surface area contributed by atoms with Crippen LogP contribution in [0.4, 0.5) is 5.69 Å². The standard InChI is InChI=1S/C25H25Cl2NO4/c1-13(2)16-9-7-14(3)11-21(16)32-25(31)15-8-10-17-18(12-15)24(30)28(23(17)29)20-6-4-5-19(26)22(20)27/h4-6,8,10,12-14,16,21H,7,9,11H2,1-3H3/t14-,16-,21+/m0/s1. The zero-order valence-electron chi connectivity index (χ0n) is 18.2. The summed E-state index contributed by atoms with van der Waals surface area (Å²) in [6, 6.07) is 9.22. The minimum Gasteiger partial charge on any atom is -0.458 e. The highest BCUT2D eigenvalue weighted by atomic mass is 35.5. The number of hydrogen-bond acceptors (Lipinski definition) is 4. The highest BCUT2D eigenvalue weighted by Gasteiger charge is 2.39. The van der Waals surface area contributed by atoms with E-state index in [0.29, 0.717) is 17.8 Å². The van der Waals surface area contributed by atoms with Gasteiger partial charge in [0.1, 0.15) is 6.10 Å². The molecule has 7 heteroatoms. The van der Waals surface area contributed by atoms with E-state index in [-0.39, 0.29) is 38.5 Å². The molecule has 2 aromatic carbocycles. The second-order valence-corrected chi connectivity index (χ2v) is 9.83.